The van der Waals surface area contributed by atoms with Crippen LogP contribution in [0.1, 0.15) is 49.8 Å². The quantitative estimate of drug-likeness (QED) is 0.151. The van der Waals surface area contributed by atoms with Gasteiger partial charge in [-0.25, -0.2) is 32.2 Å². The highest BCUT2D eigenvalue weighted by atomic mass is 32.2. The molecule has 6 rings (SSSR count). The maximum atomic E-state index is 15.2. The van der Waals surface area contributed by atoms with Gasteiger partial charge < -0.3 is 29.0 Å². The normalized spacial score (nSPS) is 13.3. The van der Waals surface area contributed by atoms with Crippen LogP contribution in [-0.2, 0) is 10.0 Å². The Bertz CT molecular complexity index is 2260. The second-order valence-corrected chi connectivity index (χ2v) is 14.4. The first-order chi connectivity index (χ1) is 25.8. The molecule has 1 N–H and O–H groups in total. The molecule has 282 valence electrons. The Hall–Kier alpha value is -5.87. The number of pyridine rings is 3. The van der Waals surface area contributed by atoms with E-state index in [2.05, 4.69) is 15.0 Å². The minimum Gasteiger partial charge on any atom is -0.490 e. The number of fused-ring (bicyclic) bond motifs is 1. The molecule has 1 aliphatic heterocycles. The van der Waals surface area contributed by atoms with Crippen LogP contribution >= 0.6 is 0 Å². The molecule has 4 heterocycles. The van der Waals surface area contributed by atoms with Crippen molar-refractivity contribution in [2.24, 2.45) is 0 Å². The first-order valence-electron chi connectivity index (χ1n) is 16.8. The Morgan fingerprint density at radius 1 is 0.870 bits per heavy atom. The average molecular weight is 762 g/mol. The highest BCUT2D eigenvalue weighted by Crippen LogP contribution is 2.41. The van der Waals surface area contributed by atoms with Gasteiger partial charge >= 0.3 is 0 Å². The van der Waals surface area contributed by atoms with Gasteiger partial charge in [0.2, 0.25) is 17.6 Å². The number of nitrogens with zero attached hydrogens (tertiary/aromatic N) is 5. The number of halogens is 2. The number of aromatic nitrogens is 3. The summed E-state index contributed by atoms with van der Waals surface area (Å²) in [5, 5.41) is 11.5. The van der Waals surface area contributed by atoms with Gasteiger partial charge in [0.05, 0.1) is 37.1 Å². The van der Waals surface area contributed by atoms with E-state index in [9.17, 15) is 22.7 Å². The standard InChI is InChI=1S/C38H37F2N5O8S/c1-22(2)52-34-12-7-25(19-41-34)37(46)44-14-15-51-32-10-6-24(16-30(32)44)27-17-31(36(50-5)43-21-27)45(54(48,49)33-11-9-28(39)18-29(33)40)38(47)26-8-13-35(42-20-26)53-23(3)4/h6-13,16-23,37,46H,14-15H2,1-5H3. The van der Waals surface area contributed by atoms with Gasteiger partial charge in [-0.1, -0.05) is 6.07 Å². The van der Waals surface area contributed by atoms with Crippen molar-refractivity contribution < 1.29 is 46.0 Å². The smallest absolute Gasteiger partial charge is 0.274 e. The van der Waals surface area contributed by atoms with Crippen LogP contribution in [0, 0.1) is 11.6 Å². The number of ether oxygens (including phenoxy) is 4. The number of aliphatic hydroxyl groups is 1. The molecule has 0 radical (unpaired) electrons. The number of aliphatic hydroxyl groups excluding tert-OH is 1. The van der Waals surface area contributed by atoms with Crippen LogP contribution in [-0.4, -0.2) is 66.9 Å². The lowest BCUT2D eigenvalue weighted by molar-refractivity contribution is 0.100. The van der Waals surface area contributed by atoms with Gasteiger partial charge in [-0.05, 0) is 75.7 Å². The molecule has 1 aliphatic rings. The van der Waals surface area contributed by atoms with Gasteiger partial charge in [-0.3, -0.25) is 4.79 Å². The second-order valence-electron chi connectivity index (χ2n) is 12.6. The van der Waals surface area contributed by atoms with E-state index in [-0.39, 0.29) is 41.8 Å². The fraction of sp³-hybridized carbons (Fsp3) is 0.263. The lowest BCUT2D eigenvalue weighted by Crippen LogP contribution is -2.38. The van der Waals surface area contributed by atoms with E-state index in [0.717, 1.165) is 18.3 Å². The fourth-order valence-corrected chi connectivity index (χ4v) is 7.13. The number of sulfonamides is 1. The summed E-state index contributed by atoms with van der Waals surface area (Å²) in [6.07, 6.45) is 2.62. The molecule has 0 fully saturated rings. The van der Waals surface area contributed by atoms with Gasteiger partial charge in [0.15, 0.2) is 6.23 Å². The van der Waals surface area contributed by atoms with Crippen LogP contribution in [0.3, 0.4) is 0 Å². The summed E-state index contributed by atoms with van der Waals surface area (Å²) in [6.45, 7) is 7.93. The molecule has 1 unspecified atom stereocenters. The van der Waals surface area contributed by atoms with Crippen molar-refractivity contribution >= 4 is 27.3 Å². The summed E-state index contributed by atoms with van der Waals surface area (Å²) < 4.78 is 80.5. The third-order valence-corrected chi connectivity index (χ3v) is 9.81. The topological polar surface area (TPSA) is 154 Å². The molecule has 54 heavy (non-hydrogen) atoms. The number of methoxy groups -OCH3 is 1. The lowest BCUT2D eigenvalue weighted by atomic mass is 10.0. The van der Waals surface area contributed by atoms with E-state index < -0.39 is 38.7 Å². The summed E-state index contributed by atoms with van der Waals surface area (Å²) in [6, 6.07) is 14.4. The molecule has 2 aromatic carbocycles. The first-order valence-corrected chi connectivity index (χ1v) is 18.3. The lowest BCUT2D eigenvalue weighted by Gasteiger charge is -2.35. The minimum atomic E-state index is -5.10. The molecule has 13 nitrogen and oxygen atoms in total. The van der Waals surface area contributed by atoms with E-state index in [1.54, 1.807) is 49.1 Å². The highest BCUT2D eigenvalue weighted by molar-refractivity contribution is 7.93. The summed E-state index contributed by atoms with van der Waals surface area (Å²) in [7, 11) is -3.87. The third-order valence-electron chi connectivity index (χ3n) is 8.08. The van der Waals surface area contributed by atoms with Crippen molar-refractivity contribution in [1.82, 2.24) is 15.0 Å². The average Bonchev–Trinajstić information content (AvgIpc) is 3.14. The number of rotatable bonds is 12. The molecule has 1 amide bonds. The number of hydrogen-bond donors (Lipinski definition) is 1. The molecule has 16 heteroatoms. The Kier molecular flexibility index (Phi) is 11.0. The predicted molar refractivity (Wildman–Crippen MR) is 194 cm³/mol. The van der Waals surface area contributed by atoms with E-state index in [0.29, 0.717) is 50.9 Å². The number of benzene rings is 2. The molecule has 5 aromatic rings. The van der Waals surface area contributed by atoms with Crippen LogP contribution in [0.15, 0.2) is 90.2 Å². The molecule has 1 atom stereocenters. The Morgan fingerprint density at radius 3 is 2.19 bits per heavy atom. The number of amides is 1. The maximum absolute atomic E-state index is 15.2. The van der Waals surface area contributed by atoms with E-state index in [4.69, 9.17) is 18.9 Å². The molecule has 0 bridgehead atoms. The molecule has 0 saturated heterocycles. The summed E-state index contributed by atoms with van der Waals surface area (Å²) >= 11 is 0. The third kappa shape index (κ3) is 7.89. The zero-order valence-electron chi connectivity index (χ0n) is 29.9. The van der Waals surface area contributed by atoms with Gasteiger partial charge in [-0.15, -0.1) is 0 Å². The van der Waals surface area contributed by atoms with Crippen LogP contribution in [0.4, 0.5) is 20.2 Å². The van der Waals surface area contributed by atoms with Crippen molar-refractivity contribution in [3.63, 3.8) is 0 Å². The van der Waals surface area contributed by atoms with Crippen LogP contribution < -0.4 is 28.2 Å². The zero-order chi connectivity index (χ0) is 38.7. The van der Waals surface area contributed by atoms with Gasteiger partial charge in [0, 0.05) is 47.9 Å². The SMILES string of the molecule is COc1ncc(-c2ccc3c(c2)N(C(O)c2ccc(OC(C)C)nc2)CCO3)cc1N(C(=O)c1ccc(OC(C)C)nc1)S(=O)(=O)c1ccc(F)cc1F. The van der Waals surface area contributed by atoms with Gasteiger partial charge in [0.1, 0.15) is 34.6 Å². The maximum Gasteiger partial charge on any atom is 0.274 e. The van der Waals surface area contributed by atoms with Crippen LogP contribution in [0.25, 0.3) is 11.1 Å². The zero-order valence-corrected chi connectivity index (χ0v) is 30.8. The van der Waals surface area contributed by atoms with Crippen molar-refractivity contribution in [1.29, 1.82) is 0 Å². The van der Waals surface area contributed by atoms with Crippen molar-refractivity contribution in [3.8, 4) is 34.5 Å². The summed E-state index contributed by atoms with van der Waals surface area (Å²) in [5.74, 6) is -2.78. The molecular weight excluding hydrogens is 725 g/mol. The van der Waals surface area contributed by atoms with E-state index in [1.165, 1.54) is 37.7 Å². The predicted octanol–water partition coefficient (Wildman–Crippen LogP) is 6.33. The number of carbonyl (C=O) groups is 1. The number of hydrogen-bond acceptors (Lipinski definition) is 12. The molecule has 0 aliphatic carbocycles. The number of carbonyl (C=O) groups excluding carboxylic acids is 1. The van der Waals surface area contributed by atoms with Crippen LogP contribution in [0.5, 0.6) is 23.4 Å². The monoisotopic (exact) mass is 761 g/mol. The Morgan fingerprint density at radius 2 is 1.57 bits per heavy atom. The van der Waals surface area contributed by atoms with Crippen molar-refractivity contribution in [2.75, 3.05) is 29.5 Å². The van der Waals surface area contributed by atoms with Crippen LogP contribution in [0.2, 0.25) is 0 Å². The minimum absolute atomic E-state index is 0.0756. The first kappa shape index (κ1) is 37.9. The molecule has 0 spiro atoms. The second kappa shape index (κ2) is 15.6. The van der Waals surface area contributed by atoms with E-state index >= 15 is 4.39 Å². The van der Waals surface area contributed by atoms with E-state index in [1.807, 2.05) is 13.8 Å². The Balaban J connectivity index is 1.43. The van der Waals surface area contributed by atoms with Gasteiger partial charge in [0.25, 0.3) is 15.9 Å². The van der Waals surface area contributed by atoms with Gasteiger partial charge in [-0.2, -0.15) is 4.31 Å². The molecular formula is C38H37F2N5O8S. The number of anilines is 2. The molecule has 3 aromatic heterocycles. The largest absolute Gasteiger partial charge is 0.490 e. The summed E-state index contributed by atoms with van der Waals surface area (Å²) in [5.41, 5.74) is 1.25. The van der Waals surface area contributed by atoms with Crippen molar-refractivity contribution in [2.45, 2.75) is 51.0 Å². The Labute approximate surface area is 310 Å². The molecule has 0 saturated carbocycles. The van der Waals surface area contributed by atoms with Crippen molar-refractivity contribution in [3.05, 3.63) is 108 Å². The highest BCUT2D eigenvalue weighted by Gasteiger charge is 2.37. The fourth-order valence-electron chi connectivity index (χ4n) is 5.67. The summed E-state index contributed by atoms with van der Waals surface area (Å²) in [4.78, 5) is 27.7.